The van der Waals surface area contributed by atoms with E-state index in [4.69, 9.17) is 0 Å². The number of rotatable bonds is 2. The Kier molecular flexibility index (Phi) is 3.91. The summed E-state index contributed by atoms with van der Waals surface area (Å²) in [5.74, 6) is 0.0874. The van der Waals surface area contributed by atoms with Gasteiger partial charge in [-0.15, -0.1) is 11.3 Å². The Morgan fingerprint density at radius 2 is 2.53 bits per heavy atom. The van der Waals surface area contributed by atoms with Gasteiger partial charge in [0.2, 0.25) is 5.91 Å². The highest BCUT2D eigenvalue weighted by Gasteiger charge is 2.18. The van der Waals surface area contributed by atoms with Crippen molar-refractivity contribution in [2.75, 3.05) is 19.6 Å². The highest BCUT2D eigenvalue weighted by atomic mass is 32.1. The smallest absolute Gasteiger partial charge is 0.246 e. The molecule has 5 heteroatoms. The van der Waals surface area contributed by atoms with Crippen molar-refractivity contribution in [1.82, 2.24) is 15.2 Å². The molecule has 2 rings (SSSR count). The van der Waals surface area contributed by atoms with Crippen LogP contribution in [0.5, 0.6) is 0 Å². The molecule has 1 aliphatic heterocycles. The zero-order valence-corrected chi connectivity index (χ0v) is 11.0. The van der Waals surface area contributed by atoms with Crippen molar-refractivity contribution in [1.29, 1.82) is 0 Å². The zero-order valence-electron chi connectivity index (χ0n) is 10.1. The monoisotopic (exact) mass is 251 g/mol. The van der Waals surface area contributed by atoms with Gasteiger partial charge in [0.15, 0.2) is 0 Å². The Labute approximate surface area is 105 Å². The van der Waals surface area contributed by atoms with Crippen molar-refractivity contribution < 1.29 is 4.79 Å². The Hall–Kier alpha value is -1.20. The number of nitrogens with one attached hydrogen (secondary N) is 1. The second-order valence-corrected chi connectivity index (χ2v) is 5.52. The van der Waals surface area contributed by atoms with E-state index in [1.807, 2.05) is 17.9 Å². The van der Waals surface area contributed by atoms with Gasteiger partial charge >= 0.3 is 0 Å². The summed E-state index contributed by atoms with van der Waals surface area (Å²) in [6.45, 7) is 6.50. The molecule has 0 radical (unpaired) electrons. The lowest BCUT2D eigenvalue weighted by Gasteiger charge is -2.31. The molecule has 92 valence electrons. The number of hydrogen-bond donors (Lipinski definition) is 1. The van der Waals surface area contributed by atoms with Gasteiger partial charge in [0.25, 0.3) is 0 Å². The van der Waals surface area contributed by atoms with Gasteiger partial charge in [0.1, 0.15) is 0 Å². The van der Waals surface area contributed by atoms with E-state index in [1.165, 1.54) is 0 Å². The maximum atomic E-state index is 11.9. The molecule has 0 spiro atoms. The van der Waals surface area contributed by atoms with Crippen LogP contribution in [0, 0.1) is 6.92 Å². The van der Waals surface area contributed by atoms with Crippen LogP contribution in [0.3, 0.4) is 0 Å². The molecule has 17 heavy (non-hydrogen) atoms. The molecule has 1 atom stereocenters. The van der Waals surface area contributed by atoms with Crippen LogP contribution in [-0.4, -0.2) is 41.5 Å². The number of amides is 1. The number of carbonyl (C=O) groups is 1. The van der Waals surface area contributed by atoms with Crippen molar-refractivity contribution in [3.05, 3.63) is 22.2 Å². The van der Waals surface area contributed by atoms with Gasteiger partial charge in [0, 0.05) is 42.8 Å². The molecular formula is C12H17N3OS. The lowest BCUT2D eigenvalue weighted by molar-refractivity contribution is -0.127. The molecule has 0 bridgehead atoms. The molecule has 1 saturated heterocycles. The van der Waals surface area contributed by atoms with E-state index in [-0.39, 0.29) is 5.91 Å². The van der Waals surface area contributed by atoms with E-state index >= 15 is 0 Å². The molecule has 1 aromatic rings. The largest absolute Gasteiger partial charge is 0.336 e. The standard InChI is InChI=1S/C12H17N3OS/c1-9-8-15(6-5-13-9)12(16)4-3-11-7-14-10(2)17-11/h3-4,7,9,13H,5-6,8H2,1-2H3. The lowest BCUT2D eigenvalue weighted by atomic mass is 10.2. The maximum absolute atomic E-state index is 11.9. The fraction of sp³-hybridized carbons (Fsp3) is 0.500. The minimum absolute atomic E-state index is 0.0874. The highest BCUT2D eigenvalue weighted by molar-refractivity contribution is 7.12. The van der Waals surface area contributed by atoms with Gasteiger partial charge < -0.3 is 10.2 Å². The van der Waals surface area contributed by atoms with E-state index in [0.717, 1.165) is 29.5 Å². The molecular weight excluding hydrogens is 234 g/mol. The third kappa shape index (κ3) is 3.38. The summed E-state index contributed by atoms with van der Waals surface area (Å²) in [4.78, 5) is 19.0. The second kappa shape index (κ2) is 5.42. The van der Waals surface area contributed by atoms with Crippen LogP contribution in [0.2, 0.25) is 0 Å². The summed E-state index contributed by atoms with van der Waals surface area (Å²) in [7, 11) is 0. The first-order valence-corrected chi connectivity index (χ1v) is 6.59. The van der Waals surface area contributed by atoms with Crippen molar-refractivity contribution in [3.63, 3.8) is 0 Å². The highest BCUT2D eigenvalue weighted by Crippen LogP contribution is 2.13. The zero-order chi connectivity index (χ0) is 12.3. The first-order chi connectivity index (χ1) is 8.15. The van der Waals surface area contributed by atoms with Crippen LogP contribution in [0.4, 0.5) is 0 Å². The number of carbonyl (C=O) groups excluding carboxylic acids is 1. The normalized spacial score (nSPS) is 21.1. The molecule has 1 aromatic heterocycles. The number of aryl methyl sites for hydroxylation is 1. The van der Waals surface area contributed by atoms with E-state index < -0.39 is 0 Å². The molecule has 4 nitrogen and oxygen atoms in total. The van der Waals surface area contributed by atoms with Crippen LogP contribution in [0.1, 0.15) is 16.8 Å². The first-order valence-electron chi connectivity index (χ1n) is 5.78. The Morgan fingerprint density at radius 1 is 1.71 bits per heavy atom. The quantitative estimate of drug-likeness (QED) is 0.806. The SMILES string of the molecule is Cc1ncc(C=CC(=O)N2CCNC(C)C2)s1. The minimum Gasteiger partial charge on any atom is -0.336 e. The predicted molar refractivity (Wildman–Crippen MR) is 69.9 cm³/mol. The van der Waals surface area contributed by atoms with Crippen molar-refractivity contribution in [2.45, 2.75) is 19.9 Å². The topological polar surface area (TPSA) is 45.2 Å². The number of piperazine rings is 1. The van der Waals surface area contributed by atoms with Gasteiger partial charge in [0.05, 0.1) is 5.01 Å². The second-order valence-electron chi connectivity index (χ2n) is 4.25. The van der Waals surface area contributed by atoms with Crippen LogP contribution in [-0.2, 0) is 4.79 Å². The molecule has 1 unspecified atom stereocenters. The maximum Gasteiger partial charge on any atom is 0.246 e. The summed E-state index contributed by atoms with van der Waals surface area (Å²) in [6.07, 6.45) is 5.29. The molecule has 2 heterocycles. The summed E-state index contributed by atoms with van der Waals surface area (Å²) in [5, 5.41) is 4.34. The predicted octanol–water partition coefficient (Wildman–Crippen LogP) is 1.29. The van der Waals surface area contributed by atoms with E-state index in [2.05, 4.69) is 17.2 Å². The van der Waals surface area contributed by atoms with Crippen molar-refractivity contribution in [3.8, 4) is 0 Å². The minimum atomic E-state index is 0.0874. The molecule has 1 N–H and O–H groups in total. The third-order valence-electron chi connectivity index (χ3n) is 2.71. The fourth-order valence-corrected chi connectivity index (χ4v) is 2.53. The average molecular weight is 251 g/mol. The third-order valence-corrected chi connectivity index (χ3v) is 3.59. The van der Waals surface area contributed by atoms with Crippen LogP contribution in [0.25, 0.3) is 6.08 Å². The lowest BCUT2D eigenvalue weighted by Crippen LogP contribution is -2.50. The first kappa shape index (κ1) is 12.3. The summed E-state index contributed by atoms with van der Waals surface area (Å²) < 4.78 is 0. The Bertz CT molecular complexity index is 427. The summed E-state index contributed by atoms with van der Waals surface area (Å²) in [6, 6.07) is 0.381. The molecule has 1 fully saturated rings. The molecule has 1 amide bonds. The van der Waals surface area contributed by atoms with Crippen molar-refractivity contribution in [2.24, 2.45) is 0 Å². The van der Waals surface area contributed by atoms with E-state index in [9.17, 15) is 4.79 Å². The molecule has 1 aliphatic rings. The van der Waals surface area contributed by atoms with E-state index in [0.29, 0.717) is 6.04 Å². The molecule has 0 aliphatic carbocycles. The fourth-order valence-electron chi connectivity index (χ4n) is 1.85. The Balaban J connectivity index is 1.94. The summed E-state index contributed by atoms with van der Waals surface area (Å²) >= 11 is 1.60. The summed E-state index contributed by atoms with van der Waals surface area (Å²) in [5.41, 5.74) is 0. The van der Waals surface area contributed by atoms with Crippen LogP contribution >= 0.6 is 11.3 Å². The molecule has 0 aromatic carbocycles. The molecule has 0 saturated carbocycles. The van der Waals surface area contributed by atoms with Gasteiger partial charge in [-0.05, 0) is 19.9 Å². The van der Waals surface area contributed by atoms with Crippen LogP contribution < -0.4 is 5.32 Å². The van der Waals surface area contributed by atoms with Gasteiger partial charge in [-0.3, -0.25) is 4.79 Å². The van der Waals surface area contributed by atoms with Gasteiger partial charge in [-0.2, -0.15) is 0 Å². The number of thiazole rings is 1. The Morgan fingerprint density at radius 3 is 3.18 bits per heavy atom. The average Bonchev–Trinajstić information content (AvgIpc) is 2.72. The van der Waals surface area contributed by atoms with Gasteiger partial charge in [-0.1, -0.05) is 0 Å². The van der Waals surface area contributed by atoms with Crippen LogP contribution in [0.15, 0.2) is 12.3 Å². The van der Waals surface area contributed by atoms with Gasteiger partial charge in [-0.25, -0.2) is 4.98 Å². The number of nitrogens with zero attached hydrogens (tertiary/aromatic N) is 2. The number of hydrogen-bond acceptors (Lipinski definition) is 4. The number of aromatic nitrogens is 1. The van der Waals surface area contributed by atoms with Crippen molar-refractivity contribution >= 4 is 23.3 Å². The van der Waals surface area contributed by atoms with E-state index in [1.54, 1.807) is 23.6 Å².